The van der Waals surface area contributed by atoms with Crippen molar-refractivity contribution in [3.63, 3.8) is 0 Å². The van der Waals surface area contributed by atoms with Gasteiger partial charge in [0.15, 0.2) is 0 Å². The van der Waals surface area contributed by atoms with E-state index >= 15 is 0 Å². The van der Waals surface area contributed by atoms with Crippen molar-refractivity contribution in [2.75, 3.05) is 7.11 Å². The Kier molecular flexibility index (Phi) is 5.61. The molecule has 0 bridgehead atoms. The van der Waals surface area contributed by atoms with Gasteiger partial charge in [-0.05, 0) is 30.4 Å². The molecule has 4 heteroatoms. The molecule has 4 nitrogen and oxygen atoms in total. The van der Waals surface area contributed by atoms with Gasteiger partial charge < -0.3 is 4.74 Å². The maximum Gasteiger partial charge on any atom is 0.137 e. The topological polar surface area (TPSA) is 60.2 Å². The minimum absolute atomic E-state index is 0.181. The molecule has 1 aromatic rings. The molecule has 0 radical (unpaired) electrons. The van der Waals surface area contributed by atoms with E-state index in [1.165, 1.54) is 44.9 Å². The van der Waals surface area contributed by atoms with Crippen LogP contribution in [0.3, 0.4) is 0 Å². The summed E-state index contributed by atoms with van der Waals surface area (Å²) >= 11 is 0. The summed E-state index contributed by atoms with van der Waals surface area (Å²) in [6.07, 6.45) is 12.8. The second-order valence-corrected chi connectivity index (χ2v) is 5.41. The lowest BCUT2D eigenvalue weighted by Gasteiger charge is -2.28. The second-order valence-electron chi connectivity index (χ2n) is 5.41. The Morgan fingerprint density at radius 3 is 2.53 bits per heavy atom. The third-order valence-corrected chi connectivity index (χ3v) is 4.13. The molecule has 19 heavy (non-hydrogen) atoms. The lowest BCUT2D eigenvalue weighted by Crippen LogP contribution is -2.34. The molecule has 0 aromatic carbocycles. The molecular weight excluding hydrogens is 238 g/mol. The van der Waals surface area contributed by atoms with Gasteiger partial charge >= 0.3 is 0 Å². The van der Waals surface area contributed by atoms with E-state index in [0.29, 0.717) is 5.92 Å². The maximum absolute atomic E-state index is 5.80. The molecule has 1 saturated carbocycles. The van der Waals surface area contributed by atoms with Crippen LogP contribution in [0.25, 0.3) is 0 Å². The van der Waals surface area contributed by atoms with Crippen LogP contribution < -0.4 is 16.0 Å². The highest BCUT2D eigenvalue weighted by atomic mass is 16.5. The number of pyridine rings is 1. The first-order valence-electron chi connectivity index (χ1n) is 7.30. The molecule has 2 rings (SSSR count). The van der Waals surface area contributed by atoms with E-state index in [4.69, 9.17) is 10.6 Å². The standard InChI is InChI=1S/C15H25N3O/c1-19-14-9-13(10-17-11-14)15(18-16)12-7-5-3-2-4-6-8-12/h9-12,15,18H,2-8,16H2,1H3. The molecule has 0 spiro atoms. The van der Waals surface area contributed by atoms with Crippen molar-refractivity contribution < 1.29 is 4.74 Å². The molecule has 1 aliphatic carbocycles. The summed E-state index contributed by atoms with van der Waals surface area (Å²) in [5, 5.41) is 0. The Labute approximate surface area is 115 Å². The molecule has 106 valence electrons. The van der Waals surface area contributed by atoms with Crippen molar-refractivity contribution in [1.29, 1.82) is 0 Å². The zero-order chi connectivity index (χ0) is 13.5. The van der Waals surface area contributed by atoms with E-state index < -0.39 is 0 Å². The van der Waals surface area contributed by atoms with Crippen molar-refractivity contribution in [3.8, 4) is 5.75 Å². The van der Waals surface area contributed by atoms with Crippen LogP contribution in [0.1, 0.15) is 56.6 Å². The molecule has 0 aliphatic heterocycles. The Morgan fingerprint density at radius 2 is 1.89 bits per heavy atom. The summed E-state index contributed by atoms with van der Waals surface area (Å²) < 4.78 is 5.25. The molecule has 1 atom stereocenters. The molecule has 1 aliphatic rings. The minimum Gasteiger partial charge on any atom is -0.495 e. The van der Waals surface area contributed by atoms with Crippen LogP contribution in [0.2, 0.25) is 0 Å². The van der Waals surface area contributed by atoms with Crippen LogP contribution in [0.4, 0.5) is 0 Å². The average Bonchev–Trinajstić information content (AvgIpc) is 2.42. The van der Waals surface area contributed by atoms with Crippen LogP contribution in [0.15, 0.2) is 18.5 Å². The number of hydrogen-bond acceptors (Lipinski definition) is 4. The fourth-order valence-electron chi connectivity index (χ4n) is 3.04. The SMILES string of the molecule is COc1cncc(C(NN)C2CCCCCCC2)c1. The van der Waals surface area contributed by atoms with Crippen molar-refractivity contribution in [3.05, 3.63) is 24.0 Å². The van der Waals surface area contributed by atoms with Gasteiger partial charge in [0.05, 0.1) is 19.3 Å². The number of hydrazine groups is 1. The quantitative estimate of drug-likeness (QED) is 0.647. The average molecular weight is 263 g/mol. The number of nitrogens with zero attached hydrogens (tertiary/aromatic N) is 1. The molecular formula is C15H25N3O. The molecule has 0 saturated heterocycles. The fraction of sp³-hybridized carbons (Fsp3) is 0.667. The molecule has 3 N–H and O–H groups in total. The van der Waals surface area contributed by atoms with E-state index in [1.54, 1.807) is 13.3 Å². The number of aromatic nitrogens is 1. The first-order chi connectivity index (χ1) is 9.35. The Balaban J connectivity index is 2.12. The van der Waals surface area contributed by atoms with E-state index in [9.17, 15) is 0 Å². The van der Waals surface area contributed by atoms with Gasteiger partial charge in [-0.3, -0.25) is 16.3 Å². The number of nitrogens with one attached hydrogen (secondary N) is 1. The largest absolute Gasteiger partial charge is 0.495 e. The summed E-state index contributed by atoms with van der Waals surface area (Å²) in [5.41, 5.74) is 4.12. The molecule has 1 heterocycles. The van der Waals surface area contributed by atoms with Crippen LogP contribution in [0.5, 0.6) is 5.75 Å². The number of methoxy groups -OCH3 is 1. The first-order valence-corrected chi connectivity index (χ1v) is 7.30. The Morgan fingerprint density at radius 1 is 1.21 bits per heavy atom. The van der Waals surface area contributed by atoms with Crippen molar-refractivity contribution in [2.45, 2.75) is 51.0 Å². The Hall–Kier alpha value is -1.13. The number of ether oxygens (including phenoxy) is 1. The van der Waals surface area contributed by atoms with Gasteiger partial charge in [0.25, 0.3) is 0 Å². The third kappa shape index (κ3) is 3.91. The van der Waals surface area contributed by atoms with E-state index in [-0.39, 0.29) is 6.04 Å². The summed E-state index contributed by atoms with van der Waals surface area (Å²) in [5.74, 6) is 7.19. The predicted molar refractivity (Wildman–Crippen MR) is 76.7 cm³/mol. The molecule has 1 unspecified atom stereocenters. The highest BCUT2D eigenvalue weighted by Crippen LogP contribution is 2.33. The van der Waals surface area contributed by atoms with E-state index in [2.05, 4.69) is 10.4 Å². The lowest BCUT2D eigenvalue weighted by atomic mass is 9.83. The van der Waals surface area contributed by atoms with Gasteiger partial charge in [0.1, 0.15) is 5.75 Å². The van der Waals surface area contributed by atoms with Gasteiger partial charge in [0.2, 0.25) is 0 Å². The monoisotopic (exact) mass is 263 g/mol. The van der Waals surface area contributed by atoms with Gasteiger partial charge in [-0.1, -0.05) is 32.1 Å². The Bertz CT molecular complexity index is 375. The molecule has 1 aromatic heterocycles. The minimum atomic E-state index is 0.181. The van der Waals surface area contributed by atoms with Crippen LogP contribution in [0, 0.1) is 5.92 Å². The predicted octanol–water partition coefficient (Wildman–Crippen LogP) is 2.96. The number of hydrogen-bond donors (Lipinski definition) is 2. The van der Waals surface area contributed by atoms with Gasteiger partial charge in [-0.2, -0.15) is 0 Å². The van der Waals surface area contributed by atoms with Crippen LogP contribution in [-0.4, -0.2) is 12.1 Å². The zero-order valence-corrected chi connectivity index (χ0v) is 11.8. The molecule has 1 fully saturated rings. The van der Waals surface area contributed by atoms with Crippen molar-refractivity contribution in [1.82, 2.24) is 10.4 Å². The number of rotatable bonds is 4. The summed E-state index contributed by atoms with van der Waals surface area (Å²) in [7, 11) is 1.67. The third-order valence-electron chi connectivity index (χ3n) is 4.13. The lowest BCUT2D eigenvalue weighted by molar-refractivity contribution is 0.289. The fourth-order valence-corrected chi connectivity index (χ4v) is 3.04. The second kappa shape index (κ2) is 7.46. The van der Waals surface area contributed by atoms with Gasteiger partial charge in [-0.15, -0.1) is 0 Å². The highest BCUT2D eigenvalue weighted by Gasteiger charge is 2.23. The zero-order valence-electron chi connectivity index (χ0n) is 11.8. The van der Waals surface area contributed by atoms with Gasteiger partial charge in [0, 0.05) is 6.20 Å². The summed E-state index contributed by atoms with van der Waals surface area (Å²) in [6.45, 7) is 0. The maximum atomic E-state index is 5.80. The van der Waals surface area contributed by atoms with E-state index in [0.717, 1.165) is 11.3 Å². The highest BCUT2D eigenvalue weighted by molar-refractivity contribution is 5.26. The van der Waals surface area contributed by atoms with Gasteiger partial charge in [-0.25, -0.2) is 0 Å². The molecule has 0 amide bonds. The smallest absolute Gasteiger partial charge is 0.137 e. The number of nitrogens with two attached hydrogens (primary N) is 1. The van der Waals surface area contributed by atoms with Crippen LogP contribution >= 0.6 is 0 Å². The van der Waals surface area contributed by atoms with Crippen molar-refractivity contribution in [2.24, 2.45) is 11.8 Å². The first kappa shape index (κ1) is 14.3. The summed E-state index contributed by atoms with van der Waals surface area (Å²) in [4.78, 5) is 4.24. The van der Waals surface area contributed by atoms with E-state index in [1.807, 2.05) is 12.3 Å². The van der Waals surface area contributed by atoms with Crippen molar-refractivity contribution >= 4 is 0 Å². The summed E-state index contributed by atoms with van der Waals surface area (Å²) in [6, 6.07) is 2.22. The normalized spacial score (nSPS) is 19.5. The van der Waals surface area contributed by atoms with Crippen LogP contribution in [-0.2, 0) is 0 Å².